The maximum absolute atomic E-state index is 5.62. The average Bonchev–Trinajstić information content (AvgIpc) is 3.17. The third kappa shape index (κ3) is 2.87. The lowest BCUT2D eigenvalue weighted by Crippen LogP contribution is -2.15. The highest BCUT2D eigenvalue weighted by atomic mass is 16.6. The van der Waals surface area contributed by atoms with Crippen LogP contribution in [-0.4, -0.2) is 32.6 Å². The molecule has 0 saturated heterocycles. The summed E-state index contributed by atoms with van der Waals surface area (Å²) in [5, 5.41) is 4.17. The highest BCUT2D eigenvalue weighted by Crippen LogP contribution is 2.36. The van der Waals surface area contributed by atoms with Gasteiger partial charge in [-0.1, -0.05) is 5.16 Å². The van der Waals surface area contributed by atoms with Gasteiger partial charge in [-0.05, 0) is 36.4 Å². The van der Waals surface area contributed by atoms with Gasteiger partial charge in [0.25, 0.3) is 0 Å². The normalized spacial score (nSPS) is 12.7. The van der Waals surface area contributed by atoms with Crippen LogP contribution < -0.4 is 18.9 Å². The molecule has 0 amide bonds. The van der Waals surface area contributed by atoms with Crippen molar-refractivity contribution in [3.63, 3.8) is 0 Å². The molecule has 0 radical (unpaired) electrons. The van der Waals surface area contributed by atoms with Crippen molar-refractivity contribution in [3.8, 4) is 45.6 Å². The molecule has 1 aliphatic heterocycles. The van der Waals surface area contributed by atoms with E-state index in [0.29, 0.717) is 30.5 Å². The minimum atomic E-state index is 0.548. The fourth-order valence-corrected chi connectivity index (χ4v) is 2.74. The van der Waals surface area contributed by atoms with Gasteiger partial charge in [0.05, 0.1) is 14.2 Å². The van der Waals surface area contributed by atoms with E-state index in [-0.39, 0.29) is 0 Å². The summed E-state index contributed by atoms with van der Waals surface area (Å²) < 4.78 is 27.3. The average molecular weight is 339 g/mol. The summed E-state index contributed by atoms with van der Waals surface area (Å²) in [6, 6.07) is 13.2. The number of methoxy groups -OCH3 is 2. The van der Waals surface area contributed by atoms with Crippen LogP contribution in [-0.2, 0) is 0 Å². The van der Waals surface area contributed by atoms with E-state index >= 15 is 0 Å². The Morgan fingerprint density at radius 3 is 2.36 bits per heavy atom. The van der Waals surface area contributed by atoms with E-state index in [4.69, 9.17) is 23.5 Å². The summed E-state index contributed by atoms with van der Waals surface area (Å²) >= 11 is 0. The van der Waals surface area contributed by atoms with Crippen LogP contribution in [0.15, 0.2) is 47.0 Å². The SMILES string of the molecule is COc1ccc(-c2cc(-c3ccc4c(c3)OCCO4)no2)cc1OC. The topological polar surface area (TPSA) is 63.0 Å². The van der Waals surface area contributed by atoms with Gasteiger partial charge in [-0.15, -0.1) is 0 Å². The second kappa shape index (κ2) is 6.39. The first kappa shape index (κ1) is 15.4. The first-order valence-electron chi connectivity index (χ1n) is 7.87. The van der Waals surface area contributed by atoms with Crippen LogP contribution in [0.4, 0.5) is 0 Å². The van der Waals surface area contributed by atoms with Crippen LogP contribution in [0.3, 0.4) is 0 Å². The number of nitrogens with zero attached hydrogens (tertiary/aromatic N) is 1. The lowest BCUT2D eigenvalue weighted by molar-refractivity contribution is 0.171. The molecular weight excluding hydrogens is 322 g/mol. The second-order valence-corrected chi connectivity index (χ2v) is 5.50. The van der Waals surface area contributed by atoms with Gasteiger partial charge in [-0.3, -0.25) is 0 Å². The molecule has 0 atom stereocenters. The zero-order chi connectivity index (χ0) is 17.2. The highest BCUT2D eigenvalue weighted by Gasteiger charge is 2.16. The Morgan fingerprint density at radius 2 is 1.56 bits per heavy atom. The smallest absolute Gasteiger partial charge is 0.167 e. The molecule has 0 saturated carbocycles. The van der Waals surface area contributed by atoms with Crippen molar-refractivity contribution in [3.05, 3.63) is 42.5 Å². The van der Waals surface area contributed by atoms with E-state index in [0.717, 1.165) is 28.3 Å². The number of aromatic nitrogens is 1. The van der Waals surface area contributed by atoms with E-state index in [1.54, 1.807) is 14.2 Å². The van der Waals surface area contributed by atoms with Crippen molar-refractivity contribution in [1.82, 2.24) is 5.16 Å². The summed E-state index contributed by atoms with van der Waals surface area (Å²) in [5.74, 6) is 3.42. The number of fused-ring (bicyclic) bond motifs is 1. The van der Waals surface area contributed by atoms with Crippen molar-refractivity contribution >= 4 is 0 Å². The van der Waals surface area contributed by atoms with Gasteiger partial charge in [-0.2, -0.15) is 0 Å². The van der Waals surface area contributed by atoms with E-state index in [1.807, 2.05) is 42.5 Å². The van der Waals surface area contributed by atoms with Crippen LogP contribution in [0.1, 0.15) is 0 Å². The molecule has 2 aromatic carbocycles. The number of hydrogen-bond acceptors (Lipinski definition) is 6. The third-order valence-electron chi connectivity index (χ3n) is 4.02. The summed E-state index contributed by atoms with van der Waals surface area (Å²) in [6.07, 6.45) is 0. The van der Waals surface area contributed by atoms with E-state index < -0.39 is 0 Å². The Labute approximate surface area is 144 Å². The van der Waals surface area contributed by atoms with Crippen molar-refractivity contribution in [2.45, 2.75) is 0 Å². The molecular formula is C19H17NO5. The van der Waals surface area contributed by atoms with Crippen LogP contribution in [0.5, 0.6) is 23.0 Å². The molecule has 0 fully saturated rings. The minimum absolute atomic E-state index is 0.548. The molecule has 0 spiro atoms. The van der Waals surface area contributed by atoms with Gasteiger partial charge >= 0.3 is 0 Å². The maximum atomic E-state index is 5.62. The Kier molecular flexibility index (Phi) is 3.93. The van der Waals surface area contributed by atoms with Crippen molar-refractivity contribution in [2.75, 3.05) is 27.4 Å². The van der Waals surface area contributed by atoms with Crippen molar-refractivity contribution in [2.24, 2.45) is 0 Å². The molecule has 4 rings (SSSR count). The van der Waals surface area contributed by atoms with Crippen LogP contribution >= 0.6 is 0 Å². The maximum Gasteiger partial charge on any atom is 0.167 e. The number of rotatable bonds is 4. The quantitative estimate of drug-likeness (QED) is 0.720. The Balaban J connectivity index is 1.66. The second-order valence-electron chi connectivity index (χ2n) is 5.50. The summed E-state index contributed by atoms with van der Waals surface area (Å²) in [6.45, 7) is 1.12. The number of benzene rings is 2. The molecule has 2 heterocycles. The molecule has 25 heavy (non-hydrogen) atoms. The van der Waals surface area contributed by atoms with Gasteiger partial charge in [0.2, 0.25) is 0 Å². The van der Waals surface area contributed by atoms with Gasteiger partial charge in [0.15, 0.2) is 28.8 Å². The molecule has 0 aliphatic carbocycles. The van der Waals surface area contributed by atoms with Gasteiger partial charge < -0.3 is 23.5 Å². The summed E-state index contributed by atoms with van der Waals surface area (Å²) in [5.41, 5.74) is 2.48. The number of ether oxygens (including phenoxy) is 4. The summed E-state index contributed by atoms with van der Waals surface area (Å²) in [4.78, 5) is 0. The first-order chi connectivity index (χ1) is 12.3. The molecule has 3 aromatic rings. The predicted molar refractivity (Wildman–Crippen MR) is 91.5 cm³/mol. The lowest BCUT2D eigenvalue weighted by Gasteiger charge is -2.18. The number of hydrogen-bond donors (Lipinski definition) is 0. The van der Waals surface area contributed by atoms with Crippen LogP contribution in [0.2, 0.25) is 0 Å². The summed E-state index contributed by atoms with van der Waals surface area (Å²) in [7, 11) is 3.20. The van der Waals surface area contributed by atoms with Gasteiger partial charge in [0.1, 0.15) is 18.9 Å². The van der Waals surface area contributed by atoms with E-state index in [2.05, 4.69) is 5.16 Å². The standard InChI is InChI=1S/C19H17NO5/c1-21-15-5-4-13(10-18(15)22-2)17-11-14(20-25-17)12-3-6-16-19(9-12)24-8-7-23-16/h3-6,9-11H,7-8H2,1-2H3. The van der Waals surface area contributed by atoms with E-state index in [9.17, 15) is 0 Å². The Bertz CT molecular complexity index is 849. The van der Waals surface area contributed by atoms with E-state index in [1.165, 1.54) is 0 Å². The highest BCUT2D eigenvalue weighted by molar-refractivity contribution is 5.70. The van der Waals surface area contributed by atoms with Crippen LogP contribution in [0, 0.1) is 0 Å². The lowest BCUT2D eigenvalue weighted by atomic mass is 10.1. The Hall–Kier alpha value is -3.15. The minimum Gasteiger partial charge on any atom is -0.493 e. The zero-order valence-corrected chi connectivity index (χ0v) is 13.9. The largest absolute Gasteiger partial charge is 0.493 e. The monoisotopic (exact) mass is 339 g/mol. The molecule has 128 valence electrons. The van der Waals surface area contributed by atoms with Crippen LogP contribution in [0.25, 0.3) is 22.6 Å². The fraction of sp³-hybridized carbons (Fsp3) is 0.211. The third-order valence-corrected chi connectivity index (χ3v) is 4.02. The van der Waals surface area contributed by atoms with Crippen molar-refractivity contribution < 1.29 is 23.5 Å². The predicted octanol–water partition coefficient (Wildman–Crippen LogP) is 3.80. The van der Waals surface area contributed by atoms with Crippen molar-refractivity contribution in [1.29, 1.82) is 0 Å². The molecule has 0 N–H and O–H groups in total. The molecule has 6 heteroatoms. The molecule has 6 nitrogen and oxygen atoms in total. The molecule has 1 aromatic heterocycles. The molecule has 0 bridgehead atoms. The molecule has 1 aliphatic rings. The molecule has 0 unspecified atom stereocenters. The zero-order valence-electron chi connectivity index (χ0n) is 13.9. The van der Waals surface area contributed by atoms with Gasteiger partial charge in [0, 0.05) is 17.2 Å². The fourth-order valence-electron chi connectivity index (χ4n) is 2.74. The Morgan fingerprint density at radius 1 is 0.800 bits per heavy atom. The first-order valence-corrected chi connectivity index (χ1v) is 7.87. The van der Waals surface area contributed by atoms with Gasteiger partial charge in [-0.25, -0.2) is 0 Å².